The number of rotatable bonds is 1. The first-order valence-corrected chi connectivity index (χ1v) is 4.59. The molecule has 0 aromatic heterocycles. The molecule has 0 aromatic rings. The number of hydrogen-bond donors (Lipinski definition) is 1. The molecule has 0 radical (unpaired) electrons. The second kappa shape index (κ2) is 1.99. The fourth-order valence-electron chi connectivity index (χ4n) is 0. The van der Waals surface area contributed by atoms with Crippen LogP contribution in [0.1, 0.15) is 0 Å². The highest BCUT2D eigenvalue weighted by Crippen LogP contribution is 2.51. The van der Waals surface area contributed by atoms with Crippen molar-refractivity contribution in [1.29, 1.82) is 0 Å². The molecule has 0 bridgehead atoms. The van der Waals surface area contributed by atoms with Crippen LogP contribution >= 0.6 is 15.0 Å². The molecule has 1 N–H and O–H groups in total. The standard InChI is InChI=1S/H2O5P2/c1-6(2)7(3,4)5/h(H2-,1,2,3,4,5)/p-1. The van der Waals surface area contributed by atoms with Gasteiger partial charge in [-0.05, 0) is 4.57 Å². The van der Waals surface area contributed by atoms with Gasteiger partial charge in [0, 0.05) is 0 Å². The average Bonchev–Trinajstić information content (AvgIpc) is 1.31. The molecular weight excluding hydrogens is 142 g/mol. The first-order valence-electron chi connectivity index (χ1n) is 1.13. The summed E-state index contributed by atoms with van der Waals surface area (Å²) in [5.41, 5.74) is 0. The normalized spacial score (nSPS) is 13.9. The van der Waals surface area contributed by atoms with E-state index in [9.17, 15) is 18.9 Å². The lowest BCUT2D eigenvalue weighted by Crippen LogP contribution is -2.09. The summed E-state index contributed by atoms with van der Waals surface area (Å²) < 4.78 is 18.6. The molecule has 0 heterocycles. The molecule has 0 aliphatic carbocycles. The maximum atomic E-state index is 9.28. The highest BCUT2D eigenvalue weighted by Gasteiger charge is 2.15. The fourth-order valence-corrected chi connectivity index (χ4v) is 0. The summed E-state index contributed by atoms with van der Waals surface area (Å²) in [6.07, 6.45) is 0. The quantitative estimate of drug-likeness (QED) is 0.452. The molecule has 0 spiro atoms. The highest BCUT2D eigenvalue weighted by molar-refractivity contribution is 8.18. The Bertz CT molecular complexity index is 118. The molecule has 42 valence electrons. The molecule has 0 rings (SSSR count). The van der Waals surface area contributed by atoms with Crippen LogP contribution in [0.25, 0.3) is 0 Å². The highest BCUT2D eigenvalue weighted by atomic mass is 32.1. The molecule has 1 unspecified atom stereocenters. The Morgan fingerprint density at radius 2 is 1.71 bits per heavy atom. The van der Waals surface area contributed by atoms with Crippen molar-refractivity contribution in [3.63, 3.8) is 0 Å². The SMILES string of the molecule is O=[P+](O)P(=O)([O-])[O-]. The van der Waals surface area contributed by atoms with Gasteiger partial charge in [0.25, 0.3) is 0 Å². The lowest BCUT2D eigenvalue weighted by atomic mass is 15.8. The molecule has 0 fully saturated rings. The van der Waals surface area contributed by atoms with Gasteiger partial charge < -0.3 is 9.79 Å². The molecule has 1 atom stereocenters. The van der Waals surface area contributed by atoms with Gasteiger partial charge in [-0.25, -0.2) is 0 Å². The molecule has 0 amide bonds. The van der Waals surface area contributed by atoms with Crippen molar-refractivity contribution in [2.24, 2.45) is 0 Å². The summed E-state index contributed by atoms with van der Waals surface area (Å²) in [6, 6.07) is 0. The predicted octanol–water partition coefficient (Wildman–Crippen LogP) is -1.45. The molecule has 7 heavy (non-hydrogen) atoms. The maximum Gasteiger partial charge on any atom is 0.528 e. The van der Waals surface area contributed by atoms with Gasteiger partial charge in [0.1, 0.15) is 0 Å². The lowest BCUT2D eigenvalue weighted by Gasteiger charge is -2.10. The van der Waals surface area contributed by atoms with Crippen LogP contribution in [0.4, 0.5) is 0 Å². The van der Waals surface area contributed by atoms with E-state index in [0.717, 1.165) is 0 Å². The van der Waals surface area contributed by atoms with E-state index < -0.39 is 15.0 Å². The summed E-state index contributed by atoms with van der Waals surface area (Å²) in [4.78, 5) is 26.0. The van der Waals surface area contributed by atoms with Crippen molar-refractivity contribution >= 4 is 15.0 Å². The third kappa shape index (κ3) is 2.85. The van der Waals surface area contributed by atoms with Crippen LogP contribution in [0.5, 0.6) is 0 Å². The zero-order valence-corrected chi connectivity index (χ0v) is 4.76. The molecular formula is HO5P2-. The van der Waals surface area contributed by atoms with Gasteiger partial charge in [-0.1, -0.05) is 0 Å². The van der Waals surface area contributed by atoms with Gasteiger partial charge in [-0.15, -0.1) is 0 Å². The van der Waals surface area contributed by atoms with Crippen LogP contribution in [0.2, 0.25) is 0 Å². The lowest BCUT2D eigenvalue weighted by molar-refractivity contribution is -0.304. The summed E-state index contributed by atoms with van der Waals surface area (Å²) in [5.74, 6) is 0. The van der Waals surface area contributed by atoms with Crippen molar-refractivity contribution in [2.45, 2.75) is 0 Å². The fraction of sp³-hybridized carbons (Fsp3) is 0. The Kier molecular flexibility index (Phi) is 2.05. The Morgan fingerprint density at radius 3 is 1.71 bits per heavy atom. The van der Waals surface area contributed by atoms with Gasteiger partial charge in [0.05, 0.1) is 0 Å². The first-order chi connectivity index (χ1) is 2.94. The topological polar surface area (TPSA) is 100 Å². The van der Waals surface area contributed by atoms with Gasteiger partial charge >= 0.3 is 7.72 Å². The van der Waals surface area contributed by atoms with Crippen LogP contribution in [-0.4, -0.2) is 4.89 Å². The van der Waals surface area contributed by atoms with Gasteiger partial charge in [0.15, 0.2) is 0 Å². The second-order valence-corrected chi connectivity index (χ2v) is 4.66. The zero-order valence-electron chi connectivity index (χ0n) is 2.97. The first kappa shape index (κ1) is 7.21. The van der Waals surface area contributed by atoms with Crippen molar-refractivity contribution in [3.8, 4) is 0 Å². The Labute approximate surface area is 39.9 Å². The summed E-state index contributed by atoms with van der Waals surface area (Å²) in [7, 11) is -8.72. The van der Waals surface area contributed by atoms with E-state index in [-0.39, 0.29) is 0 Å². The van der Waals surface area contributed by atoms with E-state index in [4.69, 9.17) is 4.89 Å². The molecule has 0 saturated carbocycles. The van der Waals surface area contributed by atoms with Crippen molar-refractivity contribution in [1.82, 2.24) is 0 Å². The van der Waals surface area contributed by atoms with Gasteiger partial charge in [-0.3, -0.25) is 4.57 Å². The third-order valence-electron chi connectivity index (χ3n) is 0.210. The average molecular weight is 143 g/mol. The maximum absolute atomic E-state index is 9.28. The van der Waals surface area contributed by atoms with E-state index >= 15 is 0 Å². The molecule has 5 nitrogen and oxygen atoms in total. The molecule has 0 saturated heterocycles. The van der Waals surface area contributed by atoms with E-state index in [1.165, 1.54) is 0 Å². The third-order valence-corrected chi connectivity index (χ3v) is 1.89. The van der Waals surface area contributed by atoms with Crippen molar-refractivity contribution in [3.05, 3.63) is 0 Å². The van der Waals surface area contributed by atoms with Crippen molar-refractivity contribution < 1.29 is 23.8 Å². The molecule has 0 aliphatic heterocycles. The van der Waals surface area contributed by atoms with E-state index in [0.29, 0.717) is 0 Å². The Hall–Kier alpha value is 0.210. The number of hydrogen-bond acceptors (Lipinski definition) is 4. The molecule has 7 heteroatoms. The Morgan fingerprint density at radius 1 is 1.57 bits per heavy atom. The van der Waals surface area contributed by atoms with E-state index in [2.05, 4.69) is 0 Å². The Balaban J connectivity index is 4.09. The minimum Gasteiger partial charge on any atom is -0.770 e. The summed E-state index contributed by atoms with van der Waals surface area (Å²) >= 11 is 0. The van der Waals surface area contributed by atoms with Crippen LogP contribution in [0, 0.1) is 0 Å². The summed E-state index contributed by atoms with van der Waals surface area (Å²) in [5, 5.41) is 0. The van der Waals surface area contributed by atoms with Crippen molar-refractivity contribution in [2.75, 3.05) is 0 Å². The van der Waals surface area contributed by atoms with Crippen LogP contribution in [0.15, 0.2) is 0 Å². The van der Waals surface area contributed by atoms with E-state index in [1.54, 1.807) is 0 Å². The molecule has 0 aliphatic rings. The van der Waals surface area contributed by atoms with Gasteiger partial charge in [0.2, 0.25) is 7.28 Å². The van der Waals surface area contributed by atoms with Crippen LogP contribution in [-0.2, 0) is 9.13 Å². The van der Waals surface area contributed by atoms with Crippen LogP contribution in [0.3, 0.4) is 0 Å². The predicted molar refractivity (Wildman–Crippen MR) is 17.4 cm³/mol. The minimum atomic E-state index is -5.17. The zero-order chi connectivity index (χ0) is 6.08. The van der Waals surface area contributed by atoms with Gasteiger partial charge in [-0.2, -0.15) is 4.89 Å². The molecule has 0 aromatic carbocycles. The second-order valence-electron chi connectivity index (χ2n) is 0.721. The minimum absolute atomic E-state index is 3.55. The van der Waals surface area contributed by atoms with E-state index in [1.807, 2.05) is 0 Å². The largest absolute Gasteiger partial charge is 0.770 e. The monoisotopic (exact) mass is 143 g/mol. The smallest absolute Gasteiger partial charge is 0.528 e. The van der Waals surface area contributed by atoms with Crippen LogP contribution < -0.4 is 9.79 Å². The summed E-state index contributed by atoms with van der Waals surface area (Å²) in [6.45, 7) is 0.